The summed E-state index contributed by atoms with van der Waals surface area (Å²) in [5.74, 6) is -0.450. The molecule has 1 fully saturated rings. The third kappa shape index (κ3) is 2.92. The maximum Gasteiger partial charge on any atom is 0.253 e. The molecule has 1 atom stereocenters. The Morgan fingerprint density at radius 3 is 3.06 bits per heavy atom. The molecule has 0 radical (unpaired) electrons. The molecule has 1 aliphatic rings. The molecule has 92 valence electrons. The Bertz CT molecular complexity index is 416. The Morgan fingerprint density at radius 1 is 1.59 bits per heavy atom. The number of carbonyl (C=O) groups excluding carboxylic acids is 1. The molecular weight excluding hydrogens is 224 g/mol. The van der Waals surface area contributed by atoms with E-state index in [2.05, 4.69) is 10.3 Å². The second-order valence-corrected chi connectivity index (χ2v) is 4.14. The van der Waals surface area contributed by atoms with E-state index in [4.69, 9.17) is 4.74 Å². The summed E-state index contributed by atoms with van der Waals surface area (Å²) in [6.07, 6.45) is 3.10. The lowest BCUT2D eigenvalue weighted by Gasteiger charge is -2.20. The maximum absolute atomic E-state index is 11.7. The summed E-state index contributed by atoms with van der Waals surface area (Å²) in [4.78, 5) is 15.4. The minimum atomic E-state index is -0.986. The van der Waals surface area contributed by atoms with Crippen LogP contribution in [0, 0.1) is 0 Å². The lowest BCUT2D eigenvalue weighted by Crippen LogP contribution is -2.43. The van der Waals surface area contributed by atoms with Crippen LogP contribution in [0.2, 0.25) is 0 Å². The minimum Gasteiger partial charge on any atom is -0.506 e. The van der Waals surface area contributed by atoms with Crippen LogP contribution in [-0.4, -0.2) is 46.5 Å². The fourth-order valence-electron chi connectivity index (χ4n) is 1.63. The predicted octanol–water partition coefficient (Wildman–Crippen LogP) is -0.332. The van der Waals surface area contributed by atoms with Crippen molar-refractivity contribution in [1.29, 1.82) is 0 Å². The van der Waals surface area contributed by atoms with Crippen molar-refractivity contribution in [1.82, 2.24) is 10.3 Å². The van der Waals surface area contributed by atoms with Gasteiger partial charge >= 0.3 is 0 Å². The highest BCUT2D eigenvalue weighted by atomic mass is 16.5. The van der Waals surface area contributed by atoms with E-state index < -0.39 is 5.60 Å². The van der Waals surface area contributed by atoms with Crippen LogP contribution in [0.25, 0.3) is 0 Å². The molecule has 0 aliphatic carbocycles. The number of pyridine rings is 1. The number of carbonyl (C=O) groups is 1. The van der Waals surface area contributed by atoms with Gasteiger partial charge in [0.25, 0.3) is 5.91 Å². The molecule has 2 rings (SSSR count). The van der Waals surface area contributed by atoms with Gasteiger partial charge in [-0.2, -0.15) is 0 Å². The molecule has 0 saturated carbocycles. The van der Waals surface area contributed by atoms with Gasteiger partial charge in [-0.3, -0.25) is 9.78 Å². The summed E-state index contributed by atoms with van der Waals surface area (Å²) in [5, 5.41) is 21.7. The van der Waals surface area contributed by atoms with Gasteiger partial charge in [0.2, 0.25) is 0 Å². The Labute approximate surface area is 98.2 Å². The first-order valence-corrected chi connectivity index (χ1v) is 5.31. The average molecular weight is 238 g/mol. The molecule has 3 N–H and O–H groups in total. The van der Waals surface area contributed by atoms with E-state index in [1.165, 1.54) is 18.5 Å². The molecule has 1 amide bonds. The van der Waals surface area contributed by atoms with E-state index in [1.807, 2.05) is 0 Å². The van der Waals surface area contributed by atoms with Crippen LogP contribution >= 0.6 is 0 Å². The SMILES string of the molecule is O=C(NCC1(O)CCOC1)c1cncc(O)c1. The molecule has 0 aromatic carbocycles. The molecule has 6 heteroatoms. The third-order valence-corrected chi connectivity index (χ3v) is 2.65. The topological polar surface area (TPSA) is 91.7 Å². The quantitative estimate of drug-likeness (QED) is 0.670. The number of aliphatic hydroxyl groups is 1. The Hall–Kier alpha value is -1.66. The van der Waals surface area contributed by atoms with Crippen molar-refractivity contribution in [3.05, 3.63) is 24.0 Å². The summed E-state index contributed by atoms with van der Waals surface area (Å²) < 4.78 is 5.06. The average Bonchev–Trinajstić information content (AvgIpc) is 2.74. The van der Waals surface area contributed by atoms with Crippen molar-refractivity contribution in [3.63, 3.8) is 0 Å². The first-order valence-electron chi connectivity index (χ1n) is 5.31. The fraction of sp³-hybridized carbons (Fsp3) is 0.455. The summed E-state index contributed by atoms with van der Waals surface area (Å²) >= 11 is 0. The van der Waals surface area contributed by atoms with Crippen LogP contribution < -0.4 is 5.32 Å². The van der Waals surface area contributed by atoms with Gasteiger partial charge in [0.15, 0.2) is 0 Å². The molecule has 1 aromatic heterocycles. The zero-order valence-corrected chi connectivity index (χ0v) is 9.22. The first kappa shape index (κ1) is 11.8. The first-order chi connectivity index (χ1) is 8.09. The summed E-state index contributed by atoms with van der Waals surface area (Å²) in [6.45, 7) is 0.854. The van der Waals surface area contributed by atoms with Crippen LogP contribution in [0.1, 0.15) is 16.8 Å². The molecule has 2 heterocycles. The summed E-state index contributed by atoms with van der Waals surface area (Å²) in [6, 6.07) is 1.32. The normalized spacial score (nSPS) is 23.6. The van der Waals surface area contributed by atoms with Crippen molar-refractivity contribution in [2.75, 3.05) is 19.8 Å². The monoisotopic (exact) mass is 238 g/mol. The van der Waals surface area contributed by atoms with Gasteiger partial charge in [-0.05, 0) is 6.07 Å². The van der Waals surface area contributed by atoms with Crippen LogP contribution in [-0.2, 0) is 4.74 Å². The van der Waals surface area contributed by atoms with E-state index >= 15 is 0 Å². The van der Waals surface area contributed by atoms with Gasteiger partial charge in [-0.15, -0.1) is 0 Å². The summed E-state index contributed by atoms with van der Waals surface area (Å²) in [7, 11) is 0. The van der Waals surface area contributed by atoms with Crippen LogP contribution in [0.3, 0.4) is 0 Å². The number of nitrogens with zero attached hydrogens (tertiary/aromatic N) is 1. The Balaban J connectivity index is 1.93. The zero-order chi connectivity index (χ0) is 12.3. The highest BCUT2D eigenvalue weighted by Crippen LogP contribution is 2.17. The number of rotatable bonds is 3. The van der Waals surface area contributed by atoms with Gasteiger partial charge in [-0.25, -0.2) is 0 Å². The van der Waals surface area contributed by atoms with Crippen LogP contribution in [0.15, 0.2) is 18.5 Å². The molecule has 17 heavy (non-hydrogen) atoms. The molecule has 1 unspecified atom stereocenters. The number of ether oxygens (including phenoxy) is 1. The largest absolute Gasteiger partial charge is 0.506 e. The lowest BCUT2D eigenvalue weighted by atomic mass is 10.0. The fourth-order valence-corrected chi connectivity index (χ4v) is 1.63. The van der Waals surface area contributed by atoms with E-state index in [-0.39, 0.29) is 30.4 Å². The second kappa shape index (κ2) is 4.68. The number of hydrogen-bond donors (Lipinski definition) is 3. The van der Waals surface area contributed by atoms with Gasteiger partial charge in [0.05, 0.1) is 18.4 Å². The minimum absolute atomic E-state index is 0.0689. The molecular formula is C11H14N2O4. The second-order valence-electron chi connectivity index (χ2n) is 4.14. The highest BCUT2D eigenvalue weighted by Gasteiger charge is 2.32. The molecule has 6 nitrogen and oxygen atoms in total. The summed E-state index contributed by atoms with van der Waals surface area (Å²) in [5.41, 5.74) is -0.729. The number of aromatic nitrogens is 1. The number of hydrogen-bond acceptors (Lipinski definition) is 5. The van der Waals surface area contributed by atoms with Crippen molar-refractivity contribution in [2.24, 2.45) is 0 Å². The molecule has 1 saturated heterocycles. The van der Waals surface area contributed by atoms with E-state index in [1.54, 1.807) is 0 Å². The number of aromatic hydroxyl groups is 1. The lowest BCUT2D eigenvalue weighted by molar-refractivity contribution is 0.0264. The molecule has 1 aromatic rings. The van der Waals surface area contributed by atoms with Crippen molar-refractivity contribution >= 4 is 5.91 Å². The van der Waals surface area contributed by atoms with E-state index in [9.17, 15) is 15.0 Å². The highest BCUT2D eigenvalue weighted by molar-refractivity contribution is 5.94. The standard InChI is InChI=1S/C11H14N2O4/c14-9-3-8(4-12-5-9)10(15)13-6-11(16)1-2-17-7-11/h3-5,14,16H,1-2,6-7H2,(H,13,15). The number of nitrogens with one attached hydrogen (secondary N) is 1. The number of amides is 1. The van der Waals surface area contributed by atoms with Crippen molar-refractivity contribution in [2.45, 2.75) is 12.0 Å². The van der Waals surface area contributed by atoms with Crippen molar-refractivity contribution < 1.29 is 19.7 Å². The van der Waals surface area contributed by atoms with Crippen molar-refractivity contribution in [3.8, 4) is 5.75 Å². The maximum atomic E-state index is 11.7. The smallest absolute Gasteiger partial charge is 0.253 e. The van der Waals surface area contributed by atoms with Gasteiger partial charge in [0.1, 0.15) is 11.4 Å². The van der Waals surface area contributed by atoms with Gasteiger partial charge < -0.3 is 20.3 Å². The van der Waals surface area contributed by atoms with E-state index in [0.717, 1.165) is 0 Å². The molecule has 0 bridgehead atoms. The van der Waals surface area contributed by atoms with Gasteiger partial charge in [-0.1, -0.05) is 0 Å². The zero-order valence-electron chi connectivity index (χ0n) is 9.22. The molecule has 1 aliphatic heterocycles. The Kier molecular flexibility index (Phi) is 3.26. The van der Waals surface area contributed by atoms with Crippen LogP contribution in [0.4, 0.5) is 0 Å². The van der Waals surface area contributed by atoms with Gasteiger partial charge in [0, 0.05) is 25.8 Å². The third-order valence-electron chi connectivity index (χ3n) is 2.65. The van der Waals surface area contributed by atoms with Crippen LogP contribution in [0.5, 0.6) is 5.75 Å². The predicted molar refractivity (Wildman–Crippen MR) is 58.6 cm³/mol. The Morgan fingerprint density at radius 2 is 2.41 bits per heavy atom. The molecule has 0 spiro atoms. The van der Waals surface area contributed by atoms with E-state index in [0.29, 0.717) is 13.0 Å².